The van der Waals surface area contributed by atoms with Crippen LogP contribution in [-0.2, 0) is 11.3 Å². The molecule has 2 aromatic rings. The Bertz CT molecular complexity index is 641. The van der Waals surface area contributed by atoms with Gasteiger partial charge in [-0.25, -0.2) is 9.97 Å². The number of amides is 1. The summed E-state index contributed by atoms with van der Waals surface area (Å²) in [5.41, 5.74) is 1.90. The van der Waals surface area contributed by atoms with Gasteiger partial charge in [0.25, 0.3) is 0 Å². The first-order chi connectivity index (χ1) is 11.0. The molecule has 1 amide bonds. The summed E-state index contributed by atoms with van der Waals surface area (Å²) in [5.74, 6) is 0.943. The molecule has 0 aliphatic rings. The van der Waals surface area contributed by atoms with E-state index >= 15 is 0 Å². The van der Waals surface area contributed by atoms with E-state index in [0.717, 1.165) is 22.1 Å². The monoisotopic (exact) mass is 330 g/mol. The van der Waals surface area contributed by atoms with Gasteiger partial charge in [0.15, 0.2) is 0 Å². The first-order valence-corrected chi connectivity index (χ1v) is 8.49. The van der Waals surface area contributed by atoms with Crippen molar-refractivity contribution in [3.05, 3.63) is 47.7 Å². The van der Waals surface area contributed by atoms with Crippen molar-refractivity contribution < 1.29 is 4.79 Å². The maximum Gasteiger partial charge on any atom is 0.234 e. The molecule has 122 valence electrons. The summed E-state index contributed by atoms with van der Waals surface area (Å²) in [6.45, 7) is 8.37. The lowest BCUT2D eigenvalue weighted by atomic mass is 10.1. The molecule has 0 saturated heterocycles. The van der Waals surface area contributed by atoms with Crippen LogP contribution in [0.15, 0.2) is 35.6 Å². The minimum atomic E-state index is -0.194. The third-order valence-corrected chi connectivity index (χ3v) is 4.71. The molecule has 2 heterocycles. The summed E-state index contributed by atoms with van der Waals surface area (Å²) >= 11 is 1.49. The fraction of sp³-hybridized carbons (Fsp3) is 0.412. The smallest absolute Gasteiger partial charge is 0.234 e. The molecule has 2 rings (SSSR count). The van der Waals surface area contributed by atoms with Crippen LogP contribution in [0.2, 0.25) is 0 Å². The molecule has 0 bridgehead atoms. The summed E-state index contributed by atoms with van der Waals surface area (Å²) in [5, 5.41) is 3.63. The Morgan fingerprint density at radius 1 is 1.30 bits per heavy atom. The van der Waals surface area contributed by atoms with Crippen LogP contribution in [0, 0.1) is 19.8 Å². The van der Waals surface area contributed by atoms with Crippen LogP contribution in [0.1, 0.15) is 30.9 Å². The number of nitrogens with one attached hydrogen (secondary N) is 1. The minimum absolute atomic E-state index is 0.0165. The third-order valence-electron chi connectivity index (χ3n) is 3.24. The molecule has 0 aromatic carbocycles. The molecule has 5 nitrogen and oxygen atoms in total. The normalized spacial score (nSPS) is 12.2. The van der Waals surface area contributed by atoms with Crippen molar-refractivity contribution in [2.45, 2.75) is 44.5 Å². The van der Waals surface area contributed by atoms with Gasteiger partial charge in [-0.05, 0) is 37.5 Å². The molecule has 0 aliphatic carbocycles. The quantitative estimate of drug-likeness (QED) is 0.651. The lowest BCUT2D eigenvalue weighted by Gasteiger charge is -2.19. The number of hydrogen-bond donors (Lipinski definition) is 1. The lowest BCUT2D eigenvalue weighted by Crippen LogP contribution is -2.35. The van der Waals surface area contributed by atoms with Gasteiger partial charge >= 0.3 is 0 Å². The maximum atomic E-state index is 12.5. The van der Waals surface area contributed by atoms with Crippen molar-refractivity contribution in [2.75, 3.05) is 0 Å². The van der Waals surface area contributed by atoms with Crippen molar-refractivity contribution in [3.8, 4) is 0 Å². The van der Waals surface area contributed by atoms with Crippen LogP contribution < -0.4 is 5.32 Å². The zero-order valence-corrected chi connectivity index (χ0v) is 14.7. The number of nitrogens with zero attached hydrogens (tertiary/aromatic N) is 3. The average Bonchev–Trinajstić information content (AvgIpc) is 2.50. The maximum absolute atomic E-state index is 12.5. The average molecular weight is 330 g/mol. The molecule has 0 fully saturated rings. The second kappa shape index (κ2) is 8.06. The van der Waals surface area contributed by atoms with E-state index in [-0.39, 0.29) is 17.1 Å². The predicted molar refractivity (Wildman–Crippen MR) is 92.1 cm³/mol. The standard InChI is InChI=1S/C17H22N4OS/c1-11(2)16(23-15-8-12(3)20-13(4)21-15)17(22)19-10-14-6-5-7-18-9-14/h5-9,11,16H,10H2,1-4H3,(H,19,22). The first kappa shape index (κ1) is 17.4. The fourth-order valence-corrected chi connectivity index (χ4v) is 3.30. The number of carbonyl (C=O) groups is 1. The van der Waals surface area contributed by atoms with Crippen molar-refractivity contribution in [3.63, 3.8) is 0 Å². The van der Waals surface area contributed by atoms with E-state index in [2.05, 4.69) is 20.3 Å². The molecule has 2 aromatic heterocycles. The second-order valence-corrected chi connectivity index (χ2v) is 6.92. The summed E-state index contributed by atoms with van der Waals surface area (Å²) in [6, 6.07) is 5.73. The Kier molecular flexibility index (Phi) is 6.10. The van der Waals surface area contributed by atoms with E-state index in [0.29, 0.717) is 6.54 Å². The van der Waals surface area contributed by atoms with Gasteiger partial charge < -0.3 is 5.32 Å². The summed E-state index contributed by atoms with van der Waals surface area (Å²) in [7, 11) is 0. The molecule has 1 unspecified atom stereocenters. The molecule has 1 atom stereocenters. The van der Waals surface area contributed by atoms with Crippen molar-refractivity contribution in [1.82, 2.24) is 20.3 Å². The van der Waals surface area contributed by atoms with E-state index in [4.69, 9.17) is 0 Å². The summed E-state index contributed by atoms with van der Waals surface area (Å²) in [4.78, 5) is 25.3. The van der Waals surface area contributed by atoms with Crippen LogP contribution in [0.25, 0.3) is 0 Å². The van der Waals surface area contributed by atoms with Gasteiger partial charge in [-0.2, -0.15) is 0 Å². The van der Waals surface area contributed by atoms with Gasteiger partial charge in [0.05, 0.1) is 5.25 Å². The highest BCUT2D eigenvalue weighted by Gasteiger charge is 2.24. The Labute approximate surface area is 141 Å². The Morgan fingerprint density at radius 3 is 2.70 bits per heavy atom. The van der Waals surface area contributed by atoms with Crippen LogP contribution in [0.5, 0.6) is 0 Å². The molecule has 0 radical (unpaired) electrons. The Morgan fingerprint density at radius 2 is 2.09 bits per heavy atom. The van der Waals surface area contributed by atoms with Crippen molar-refractivity contribution in [2.24, 2.45) is 5.92 Å². The molecular weight excluding hydrogens is 308 g/mol. The van der Waals surface area contributed by atoms with Gasteiger partial charge in [0.1, 0.15) is 10.9 Å². The Hall–Kier alpha value is -1.95. The first-order valence-electron chi connectivity index (χ1n) is 7.61. The van der Waals surface area contributed by atoms with E-state index < -0.39 is 0 Å². The number of thioether (sulfide) groups is 1. The zero-order chi connectivity index (χ0) is 16.8. The number of hydrogen-bond acceptors (Lipinski definition) is 5. The number of aryl methyl sites for hydroxylation is 2. The molecule has 0 spiro atoms. The number of carbonyl (C=O) groups excluding carboxylic acids is 1. The second-order valence-electron chi connectivity index (χ2n) is 5.76. The van der Waals surface area contributed by atoms with Gasteiger partial charge in [0.2, 0.25) is 5.91 Å². The molecule has 1 N–H and O–H groups in total. The van der Waals surface area contributed by atoms with E-state index in [1.807, 2.05) is 45.9 Å². The lowest BCUT2D eigenvalue weighted by molar-refractivity contribution is -0.121. The fourth-order valence-electron chi connectivity index (χ4n) is 2.16. The predicted octanol–water partition coefficient (Wildman–Crippen LogP) is 2.92. The molecule has 0 aliphatic heterocycles. The SMILES string of the molecule is Cc1cc(SC(C(=O)NCc2cccnc2)C(C)C)nc(C)n1. The van der Waals surface area contributed by atoms with Crippen LogP contribution in [-0.4, -0.2) is 26.1 Å². The number of pyridine rings is 1. The van der Waals surface area contributed by atoms with Gasteiger partial charge in [-0.3, -0.25) is 9.78 Å². The van der Waals surface area contributed by atoms with E-state index in [1.54, 1.807) is 12.4 Å². The number of aromatic nitrogens is 3. The van der Waals surface area contributed by atoms with E-state index in [1.165, 1.54) is 11.8 Å². The third kappa shape index (κ3) is 5.32. The molecule has 23 heavy (non-hydrogen) atoms. The highest BCUT2D eigenvalue weighted by atomic mass is 32.2. The van der Waals surface area contributed by atoms with E-state index in [9.17, 15) is 4.79 Å². The van der Waals surface area contributed by atoms with Crippen LogP contribution in [0.4, 0.5) is 0 Å². The summed E-state index contributed by atoms with van der Waals surface area (Å²) < 4.78 is 0. The van der Waals surface area contributed by atoms with Crippen molar-refractivity contribution in [1.29, 1.82) is 0 Å². The van der Waals surface area contributed by atoms with Gasteiger partial charge in [-0.15, -0.1) is 0 Å². The minimum Gasteiger partial charge on any atom is -0.351 e. The van der Waals surface area contributed by atoms with Crippen molar-refractivity contribution >= 4 is 17.7 Å². The van der Waals surface area contributed by atoms with Gasteiger partial charge in [0, 0.05) is 24.6 Å². The van der Waals surface area contributed by atoms with Crippen LogP contribution >= 0.6 is 11.8 Å². The number of rotatable bonds is 6. The largest absolute Gasteiger partial charge is 0.351 e. The molecular formula is C17H22N4OS. The molecule has 6 heteroatoms. The molecule has 0 saturated carbocycles. The Balaban J connectivity index is 2.03. The van der Waals surface area contributed by atoms with Crippen LogP contribution in [0.3, 0.4) is 0 Å². The zero-order valence-electron chi connectivity index (χ0n) is 13.9. The topological polar surface area (TPSA) is 67.8 Å². The highest BCUT2D eigenvalue weighted by Crippen LogP contribution is 2.27. The summed E-state index contributed by atoms with van der Waals surface area (Å²) in [6.07, 6.45) is 3.48. The highest BCUT2D eigenvalue weighted by molar-refractivity contribution is 8.00. The van der Waals surface area contributed by atoms with Gasteiger partial charge in [-0.1, -0.05) is 31.7 Å².